The number of phenolic OH excluding ortho intramolecular Hbond substituents is 1. The highest BCUT2D eigenvalue weighted by atomic mass is 16.3. The van der Waals surface area contributed by atoms with E-state index in [4.69, 9.17) is 0 Å². The van der Waals surface area contributed by atoms with Crippen LogP contribution in [-0.2, 0) is 24.6 Å². The molecule has 4 aliphatic rings. The second-order valence-electron chi connectivity index (χ2n) is 15.3. The van der Waals surface area contributed by atoms with Crippen LogP contribution in [-0.4, -0.2) is 28.5 Å². The first-order valence-electron chi connectivity index (χ1n) is 18.9. The predicted molar refractivity (Wildman–Crippen MR) is 213 cm³/mol. The molecular formula is C48H40N2O5. The fourth-order valence-electron chi connectivity index (χ4n) is 10.0. The molecule has 2 fully saturated rings. The lowest BCUT2D eigenvalue weighted by molar-refractivity contribution is -0.135. The third-order valence-corrected chi connectivity index (χ3v) is 12.4. The highest BCUT2D eigenvalue weighted by molar-refractivity contribution is 6.32. The number of benzene rings is 5. The summed E-state index contributed by atoms with van der Waals surface area (Å²) in [4.78, 5) is 60.8. The molecular weight excluding hydrogens is 685 g/mol. The van der Waals surface area contributed by atoms with Gasteiger partial charge in [-0.1, -0.05) is 103 Å². The van der Waals surface area contributed by atoms with Crippen molar-refractivity contribution in [3.63, 3.8) is 0 Å². The maximum Gasteiger partial charge on any atom is 0.238 e. The number of anilines is 3. The molecule has 0 radical (unpaired) electrons. The Morgan fingerprint density at radius 1 is 0.709 bits per heavy atom. The second kappa shape index (κ2) is 13.2. The van der Waals surface area contributed by atoms with Crippen molar-refractivity contribution >= 4 is 46.0 Å². The van der Waals surface area contributed by atoms with E-state index in [1.165, 1.54) is 11.0 Å². The van der Waals surface area contributed by atoms with Gasteiger partial charge in [0.25, 0.3) is 0 Å². The number of phenols is 1. The summed E-state index contributed by atoms with van der Waals surface area (Å²) in [6.07, 6.45) is 4.17. The highest BCUT2D eigenvalue weighted by Gasteiger charge is 2.66. The smallest absolute Gasteiger partial charge is 0.238 e. The van der Waals surface area contributed by atoms with Crippen molar-refractivity contribution in [3.8, 4) is 5.75 Å². The van der Waals surface area contributed by atoms with Crippen molar-refractivity contribution in [1.82, 2.24) is 0 Å². The average Bonchev–Trinajstić information content (AvgIpc) is 3.47. The molecule has 1 aliphatic heterocycles. The maximum absolute atomic E-state index is 15.3. The molecule has 2 amide bonds. The molecule has 55 heavy (non-hydrogen) atoms. The van der Waals surface area contributed by atoms with Gasteiger partial charge in [0, 0.05) is 28.8 Å². The molecule has 6 atom stereocenters. The van der Waals surface area contributed by atoms with Crippen molar-refractivity contribution in [2.75, 3.05) is 10.2 Å². The zero-order valence-electron chi connectivity index (χ0n) is 30.6. The Labute approximate surface area is 320 Å². The molecule has 3 aliphatic carbocycles. The number of imide groups is 1. The fraction of sp³-hybridized carbons (Fsp3) is 0.208. The number of nitrogens with zero attached hydrogens (tertiary/aromatic N) is 1. The van der Waals surface area contributed by atoms with Crippen LogP contribution in [0.5, 0.6) is 5.75 Å². The summed E-state index contributed by atoms with van der Waals surface area (Å²) in [6, 6.07) is 39.7. The summed E-state index contributed by atoms with van der Waals surface area (Å²) in [5.74, 6) is -3.94. The second-order valence-corrected chi connectivity index (χ2v) is 15.3. The van der Waals surface area contributed by atoms with Crippen LogP contribution in [0.3, 0.4) is 0 Å². The molecule has 9 rings (SSSR count). The quantitative estimate of drug-likeness (QED) is 0.134. The first-order chi connectivity index (χ1) is 26.7. The lowest BCUT2D eigenvalue weighted by Gasteiger charge is -2.55. The van der Waals surface area contributed by atoms with Crippen LogP contribution in [0.15, 0.2) is 145 Å². The van der Waals surface area contributed by atoms with Gasteiger partial charge in [-0.2, -0.15) is 0 Å². The molecule has 1 heterocycles. The minimum absolute atomic E-state index is 0.150. The molecule has 272 valence electrons. The normalized spacial score (nSPS) is 25.8. The Bertz CT molecular complexity index is 2410. The summed E-state index contributed by atoms with van der Waals surface area (Å²) in [6.45, 7) is 3.67. The van der Waals surface area contributed by atoms with Crippen molar-refractivity contribution in [3.05, 3.63) is 173 Å². The van der Waals surface area contributed by atoms with E-state index in [9.17, 15) is 14.7 Å². The topological polar surface area (TPSA) is 104 Å². The number of aromatic hydroxyl groups is 1. The van der Waals surface area contributed by atoms with Crippen molar-refractivity contribution < 1.29 is 24.3 Å². The van der Waals surface area contributed by atoms with Crippen LogP contribution in [0.25, 0.3) is 5.57 Å². The number of carbonyl (C=O) groups excluding carboxylic acids is 4. The molecule has 0 spiro atoms. The van der Waals surface area contributed by atoms with Crippen LogP contribution in [0.2, 0.25) is 0 Å². The van der Waals surface area contributed by atoms with E-state index in [0.29, 0.717) is 34.4 Å². The molecule has 0 aromatic heterocycles. The van der Waals surface area contributed by atoms with E-state index in [1.807, 2.05) is 129 Å². The van der Waals surface area contributed by atoms with E-state index < -0.39 is 35.0 Å². The summed E-state index contributed by atoms with van der Waals surface area (Å²) >= 11 is 0. The summed E-state index contributed by atoms with van der Waals surface area (Å²) in [5, 5.41) is 14.3. The molecule has 7 nitrogen and oxygen atoms in total. The first kappa shape index (κ1) is 34.4. The maximum atomic E-state index is 15.3. The minimum Gasteiger partial charge on any atom is -0.507 e. The number of fused-ring (bicyclic) bond motifs is 4. The minimum atomic E-state index is -1.32. The molecule has 5 aromatic rings. The Morgan fingerprint density at radius 3 is 1.96 bits per heavy atom. The van der Waals surface area contributed by atoms with Gasteiger partial charge in [-0.15, -0.1) is 0 Å². The highest BCUT2D eigenvalue weighted by Crippen LogP contribution is 2.64. The summed E-state index contributed by atoms with van der Waals surface area (Å²) in [5.41, 5.74) is 5.69. The number of rotatable bonds is 6. The van der Waals surface area contributed by atoms with Gasteiger partial charge in [-0.25, -0.2) is 0 Å². The number of aryl methyl sites for hydroxylation is 2. The number of carbonyl (C=O) groups is 4. The molecule has 1 saturated heterocycles. The standard InChI is InChI=1S/C48H40N2O5/c1-28-24-31(25-29(2)44(28)52)43-36-22-23-37-42(47(55)50(46(37)54)35-20-18-34(19-21-35)49-33-16-10-5-11-17-33)39(36)26-40-45(53)38(30-12-6-3-7-13-30)27-41(51)48(40,43)32-14-8-4-9-15-32/h3-22,24-25,27,37,39-40,42-43,49,52H,23,26H2,1-2H3. The van der Waals surface area contributed by atoms with Gasteiger partial charge in [0.1, 0.15) is 5.75 Å². The molecule has 7 heteroatoms. The van der Waals surface area contributed by atoms with E-state index in [2.05, 4.69) is 11.4 Å². The van der Waals surface area contributed by atoms with Crippen LogP contribution in [0, 0.1) is 37.5 Å². The van der Waals surface area contributed by atoms with E-state index in [0.717, 1.165) is 28.1 Å². The van der Waals surface area contributed by atoms with Crippen LogP contribution in [0.4, 0.5) is 17.1 Å². The van der Waals surface area contributed by atoms with Crippen LogP contribution >= 0.6 is 0 Å². The largest absolute Gasteiger partial charge is 0.507 e. The molecule has 2 N–H and O–H groups in total. The molecule has 6 unspecified atom stereocenters. The number of hydrogen-bond acceptors (Lipinski definition) is 6. The molecule has 1 saturated carbocycles. The third-order valence-electron chi connectivity index (χ3n) is 12.4. The van der Waals surface area contributed by atoms with E-state index >= 15 is 9.59 Å². The van der Waals surface area contributed by atoms with Gasteiger partial charge >= 0.3 is 0 Å². The Hall–Kier alpha value is -6.34. The zero-order valence-corrected chi connectivity index (χ0v) is 30.6. The lowest BCUT2D eigenvalue weighted by Crippen LogP contribution is -2.58. The first-order valence-corrected chi connectivity index (χ1v) is 18.9. The van der Waals surface area contributed by atoms with Crippen LogP contribution < -0.4 is 10.2 Å². The SMILES string of the molecule is Cc1cc(C2C3=CCC4C(=O)N(c5ccc(Nc6ccccc6)cc5)C(=O)C4C3CC3C(=O)C(c4ccccc4)=CC(=O)C32c2ccccc2)cc(C)c1O. The number of ketones is 2. The number of nitrogens with one attached hydrogen (secondary N) is 1. The molecule has 5 aromatic carbocycles. The average molecular weight is 725 g/mol. The number of hydrogen-bond donors (Lipinski definition) is 2. The fourth-order valence-corrected chi connectivity index (χ4v) is 10.0. The lowest BCUT2D eigenvalue weighted by atomic mass is 9.44. The summed E-state index contributed by atoms with van der Waals surface area (Å²) < 4.78 is 0. The van der Waals surface area contributed by atoms with Crippen molar-refractivity contribution in [1.29, 1.82) is 0 Å². The zero-order chi connectivity index (χ0) is 38.0. The third kappa shape index (κ3) is 5.32. The van der Waals surface area contributed by atoms with E-state index in [1.54, 1.807) is 12.1 Å². The van der Waals surface area contributed by atoms with Crippen LogP contribution in [0.1, 0.15) is 46.6 Å². The van der Waals surface area contributed by atoms with Gasteiger partial charge in [0.05, 0.1) is 22.9 Å². The Kier molecular flexibility index (Phi) is 8.26. The van der Waals surface area contributed by atoms with Gasteiger partial charge < -0.3 is 10.4 Å². The predicted octanol–water partition coefficient (Wildman–Crippen LogP) is 8.78. The number of amides is 2. The Balaban J connectivity index is 1.19. The number of para-hydroxylation sites is 1. The number of Topliss-reactive ketones (excluding diaryl/α,β-unsaturated/α-hetero) is 1. The van der Waals surface area contributed by atoms with Gasteiger partial charge in [0.15, 0.2) is 11.6 Å². The number of allylic oxidation sites excluding steroid dienone is 4. The van der Waals surface area contributed by atoms with E-state index in [-0.39, 0.29) is 35.6 Å². The summed E-state index contributed by atoms with van der Waals surface area (Å²) in [7, 11) is 0. The molecule has 0 bridgehead atoms. The van der Waals surface area contributed by atoms with Gasteiger partial charge in [-0.3, -0.25) is 24.1 Å². The van der Waals surface area contributed by atoms with Crippen molar-refractivity contribution in [2.24, 2.45) is 23.7 Å². The Morgan fingerprint density at radius 2 is 1.31 bits per heavy atom. The van der Waals surface area contributed by atoms with Crippen molar-refractivity contribution in [2.45, 2.75) is 38.0 Å². The van der Waals surface area contributed by atoms with Gasteiger partial charge in [-0.05, 0) is 103 Å². The van der Waals surface area contributed by atoms with Gasteiger partial charge in [0.2, 0.25) is 11.8 Å². The monoisotopic (exact) mass is 724 g/mol.